The van der Waals surface area contributed by atoms with Gasteiger partial charge >= 0.3 is 5.97 Å². The van der Waals surface area contributed by atoms with Gasteiger partial charge in [-0.3, -0.25) is 19.2 Å². The number of anilines is 1. The Morgan fingerprint density at radius 1 is 1.04 bits per heavy atom. The van der Waals surface area contributed by atoms with Crippen LogP contribution in [0.1, 0.15) is 64.5 Å². The Morgan fingerprint density at radius 2 is 1.74 bits per heavy atom. The number of rotatable bonds is 16. The number of esters is 1. The van der Waals surface area contributed by atoms with Crippen LogP contribution in [0.4, 0.5) is 5.69 Å². The van der Waals surface area contributed by atoms with Gasteiger partial charge in [0.25, 0.3) is 5.91 Å². The summed E-state index contributed by atoms with van der Waals surface area (Å²) in [5.41, 5.74) is 0.0377. The molecule has 10 heteroatoms. The first-order valence-electron chi connectivity index (χ1n) is 19.2. The van der Waals surface area contributed by atoms with Gasteiger partial charge in [0.1, 0.15) is 17.7 Å². The number of allylic oxidation sites excluding steroid dienone is 1. The van der Waals surface area contributed by atoms with E-state index in [0.29, 0.717) is 36.9 Å². The number of likely N-dealkylation sites (N-methyl/N-ethyl adjacent to an activating group) is 1. The van der Waals surface area contributed by atoms with Crippen LogP contribution in [-0.4, -0.2) is 88.6 Å². The number of amides is 3. The molecule has 9 atom stereocenters. The molecule has 3 aromatic rings. The molecule has 1 spiro atoms. The molecule has 3 aliphatic rings. The quantitative estimate of drug-likeness (QED) is 0.137. The number of fused-ring (bicyclic) bond motifs is 2. The van der Waals surface area contributed by atoms with Crippen molar-refractivity contribution in [3.05, 3.63) is 104 Å². The number of carbonyl (C=O) groups is 4. The third-order valence-electron chi connectivity index (χ3n) is 12.1. The van der Waals surface area contributed by atoms with Crippen LogP contribution >= 0.6 is 0 Å². The second-order valence-electron chi connectivity index (χ2n) is 15.0. The van der Waals surface area contributed by atoms with Crippen molar-refractivity contribution in [2.75, 3.05) is 25.1 Å². The minimum absolute atomic E-state index is 0.111. The molecule has 3 aromatic carbocycles. The summed E-state index contributed by atoms with van der Waals surface area (Å²) in [7, 11) is 1.69. The van der Waals surface area contributed by atoms with E-state index in [1.54, 1.807) is 29.0 Å². The van der Waals surface area contributed by atoms with Crippen LogP contribution in [0.5, 0.6) is 0 Å². The van der Waals surface area contributed by atoms with Crippen LogP contribution < -0.4 is 4.90 Å². The lowest BCUT2D eigenvalue weighted by atomic mass is 9.70. The van der Waals surface area contributed by atoms with Gasteiger partial charge in [-0.05, 0) is 60.6 Å². The lowest BCUT2D eigenvalue weighted by Gasteiger charge is -2.41. The molecule has 0 unspecified atom stereocenters. The van der Waals surface area contributed by atoms with Gasteiger partial charge in [0.05, 0.1) is 36.6 Å². The molecule has 1 N–H and O–H groups in total. The van der Waals surface area contributed by atoms with Gasteiger partial charge in [0.15, 0.2) is 0 Å². The Kier molecular flexibility index (Phi) is 11.7. The minimum Gasteiger partial charge on any atom is -0.455 e. The fraction of sp³-hybridized carbons (Fsp3) is 0.455. The summed E-state index contributed by atoms with van der Waals surface area (Å²) in [5.74, 6) is -3.61. The SMILES string of the molecule is C=CCCC(=O)N(C)[C@@H](C)[C@@H](OC(=O)[C@@H]1[C@@H]2CC[C@]3(O2)[C@H](C(=O)N(CC=C)c2ccc4ccccc4c2)N([C@@H](CO)[C@@H](C)CC)C(=O)[C@@H]13)c1ccccc1. The third kappa shape index (κ3) is 6.86. The Hall–Kier alpha value is -4.80. The largest absolute Gasteiger partial charge is 0.455 e. The topological polar surface area (TPSA) is 117 Å². The number of ether oxygens (including phenoxy) is 2. The molecular weight excluding hydrogens is 682 g/mol. The van der Waals surface area contributed by atoms with Crippen molar-refractivity contribution in [2.45, 2.75) is 88.8 Å². The Balaban J connectivity index is 1.38. The zero-order valence-electron chi connectivity index (χ0n) is 31.8. The number of carbonyl (C=O) groups excluding carboxylic acids is 4. The summed E-state index contributed by atoms with van der Waals surface area (Å²) >= 11 is 0. The molecule has 6 rings (SSSR count). The van der Waals surface area contributed by atoms with E-state index in [-0.39, 0.29) is 37.3 Å². The number of benzene rings is 3. The lowest BCUT2D eigenvalue weighted by Crippen LogP contribution is -2.60. The van der Waals surface area contributed by atoms with E-state index in [9.17, 15) is 19.5 Å². The Bertz CT molecular complexity index is 1880. The highest BCUT2D eigenvalue weighted by Gasteiger charge is 2.76. The lowest BCUT2D eigenvalue weighted by molar-refractivity contribution is -0.165. The third-order valence-corrected chi connectivity index (χ3v) is 12.1. The standard InChI is InChI=1S/C44H53N3O7/c1-7-10-20-36(49)45(6)29(5)39(31-17-12-11-13-18-31)53-43(52)37-35-23-24-44(54-35)38(37)41(50)47(34(27-48)28(4)9-3)40(44)42(51)46(25-8-2)33-22-21-30-16-14-15-19-32(30)26-33/h7-8,11-19,21-22,26,28-29,34-35,37-40,48H,1-2,9-10,20,23-25,27H2,3-6H3/t28-,29-,34-,35-,37+,38+,39+,40-,44+/m0/s1. The molecule has 54 heavy (non-hydrogen) atoms. The first kappa shape index (κ1) is 38.9. The zero-order valence-corrected chi connectivity index (χ0v) is 31.8. The van der Waals surface area contributed by atoms with E-state index < -0.39 is 59.6 Å². The van der Waals surface area contributed by atoms with Crippen LogP contribution in [0.3, 0.4) is 0 Å². The second-order valence-corrected chi connectivity index (χ2v) is 15.0. The van der Waals surface area contributed by atoms with E-state index in [0.717, 1.165) is 10.8 Å². The molecule has 3 aliphatic heterocycles. The first-order chi connectivity index (χ1) is 26.0. The van der Waals surface area contributed by atoms with E-state index >= 15 is 4.79 Å². The zero-order chi connectivity index (χ0) is 38.7. The molecule has 286 valence electrons. The van der Waals surface area contributed by atoms with E-state index in [2.05, 4.69) is 13.2 Å². The Labute approximate surface area is 318 Å². The van der Waals surface area contributed by atoms with Gasteiger partial charge in [0.2, 0.25) is 11.8 Å². The number of hydrogen-bond donors (Lipinski definition) is 1. The minimum atomic E-state index is -1.31. The van der Waals surface area contributed by atoms with E-state index in [1.807, 2.05) is 93.6 Å². The van der Waals surface area contributed by atoms with Crippen molar-refractivity contribution >= 4 is 40.2 Å². The van der Waals surface area contributed by atoms with Crippen molar-refractivity contribution in [2.24, 2.45) is 17.8 Å². The molecule has 3 heterocycles. The van der Waals surface area contributed by atoms with Gasteiger partial charge in [-0.1, -0.05) is 93.1 Å². The van der Waals surface area contributed by atoms with Crippen LogP contribution in [0.2, 0.25) is 0 Å². The number of aliphatic hydroxyl groups is 1. The summed E-state index contributed by atoms with van der Waals surface area (Å²) in [6.07, 6.45) is 4.15. The highest BCUT2D eigenvalue weighted by Crippen LogP contribution is 2.60. The molecular formula is C44H53N3O7. The van der Waals surface area contributed by atoms with Crippen molar-refractivity contribution in [3.63, 3.8) is 0 Å². The summed E-state index contributed by atoms with van der Waals surface area (Å²) in [6, 6.07) is 20.6. The number of aliphatic hydroxyl groups excluding tert-OH is 1. The van der Waals surface area contributed by atoms with Crippen LogP contribution in [0, 0.1) is 17.8 Å². The summed E-state index contributed by atoms with van der Waals surface area (Å²) in [6.45, 7) is 13.3. The van der Waals surface area contributed by atoms with E-state index in [4.69, 9.17) is 9.47 Å². The van der Waals surface area contributed by atoms with Crippen LogP contribution in [0.25, 0.3) is 10.8 Å². The monoisotopic (exact) mass is 735 g/mol. The van der Waals surface area contributed by atoms with Crippen LogP contribution in [-0.2, 0) is 28.7 Å². The second kappa shape index (κ2) is 16.3. The number of likely N-dealkylation sites (tertiary alicyclic amines) is 1. The molecule has 0 radical (unpaired) electrons. The fourth-order valence-corrected chi connectivity index (χ4v) is 8.88. The van der Waals surface area contributed by atoms with Crippen LogP contribution in [0.15, 0.2) is 98.1 Å². The molecule has 3 amide bonds. The Morgan fingerprint density at radius 3 is 2.41 bits per heavy atom. The normalized spacial score (nSPS) is 25.1. The maximum atomic E-state index is 15.2. The maximum Gasteiger partial charge on any atom is 0.313 e. The van der Waals surface area contributed by atoms with Crippen molar-refractivity contribution in [1.29, 1.82) is 0 Å². The number of hydrogen-bond acceptors (Lipinski definition) is 7. The highest BCUT2D eigenvalue weighted by molar-refractivity contribution is 6.05. The smallest absolute Gasteiger partial charge is 0.313 e. The van der Waals surface area contributed by atoms with Gasteiger partial charge < -0.3 is 29.3 Å². The predicted octanol–water partition coefficient (Wildman–Crippen LogP) is 6.24. The van der Waals surface area contributed by atoms with E-state index in [1.165, 1.54) is 4.90 Å². The average Bonchev–Trinajstić information content (AvgIpc) is 3.85. The van der Waals surface area contributed by atoms with Crippen molar-refractivity contribution in [3.8, 4) is 0 Å². The molecule has 0 aromatic heterocycles. The fourth-order valence-electron chi connectivity index (χ4n) is 8.88. The van der Waals surface area contributed by atoms with Crippen molar-refractivity contribution < 1.29 is 33.8 Å². The average molecular weight is 736 g/mol. The molecule has 10 nitrogen and oxygen atoms in total. The van der Waals surface area contributed by atoms with Gasteiger partial charge in [-0.15, -0.1) is 13.2 Å². The van der Waals surface area contributed by atoms with Gasteiger partial charge in [-0.25, -0.2) is 0 Å². The molecule has 3 fully saturated rings. The van der Waals surface area contributed by atoms with Gasteiger partial charge in [0, 0.05) is 25.7 Å². The molecule has 2 bridgehead atoms. The van der Waals surface area contributed by atoms with Gasteiger partial charge in [-0.2, -0.15) is 0 Å². The highest BCUT2D eigenvalue weighted by atomic mass is 16.6. The molecule has 0 aliphatic carbocycles. The number of nitrogens with zero attached hydrogens (tertiary/aromatic N) is 3. The molecule has 3 saturated heterocycles. The predicted molar refractivity (Wildman–Crippen MR) is 208 cm³/mol. The van der Waals surface area contributed by atoms with Crippen molar-refractivity contribution in [1.82, 2.24) is 9.80 Å². The summed E-state index contributed by atoms with van der Waals surface area (Å²) in [4.78, 5) is 62.6. The molecule has 0 saturated carbocycles. The summed E-state index contributed by atoms with van der Waals surface area (Å²) < 4.78 is 13.2. The summed E-state index contributed by atoms with van der Waals surface area (Å²) in [5, 5.41) is 12.8. The maximum absolute atomic E-state index is 15.2. The first-order valence-corrected chi connectivity index (χ1v) is 19.2.